The molecule has 0 aliphatic heterocycles. The van der Waals surface area contributed by atoms with Crippen LogP contribution < -0.4 is 4.74 Å². The number of hydrogen-bond donors (Lipinski definition) is 0. The summed E-state index contributed by atoms with van der Waals surface area (Å²) in [7, 11) is 0. The highest BCUT2D eigenvalue weighted by atomic mass is 19.3. The Hall–Kier alpha value is -2.41. The van der Waals surface area contributed by atoms with Crippen LogP contribution in [-0.2, 0) is 0 Å². The maximum atomic E-state index is 13.0. The van der Waals surface area contributed by atoms with E-state index in [0.717, 1.165) is 23.1 Å². The number of rotatable bonds is 6. The van der Waals surface area contributed by atoms with Crippen LogP contribution in [0.5, 0.6) is 5.75 Å². The summed E-state index contributed by atoms with van der Waals surface area (Å²) in [6, 6.07) is 15.8. The molecule has 2 aromatic carbocycles. The number of nitrogens with zero attached hydrogens (tertiary/aromatic N) is 1. The molecule has 1 aliphatic carbocycles. The van der Waals surface area contributed by atoms with E-state index in [2.05, 4.69) is 35.9 Å². The third-order valence-electron chi connectivity index (χ3n) is 5.49. The molecule has 0 saturated heterocycles. The van der Waals surface area contributed by atoms with Crippen LogP contribution in [0.15, 0.2) is 48.5 Å². The number of hydrogen-bond acceptors (Lipinski definition) is 2. The molecule has 0 amide bonds. The first-order chi connectivity index (χ1) is 13.0. The molecule has 27 heavy (non-hydrogen) atoms. The standard InChI is InChI=1S/C23H25F2NO/c1-2-3-17-4-6-18(7-5-17)19-8-10-20(11-9-19)21-12-14-22(15-13-21)27-23(24,25)16-26/h8-15,17-18H,2-7H2,1H3. The van der Waals surface area contributed by atoms with Gasteiger partial charge in [0.15, 0.2) is 6.07 Å². The minimum atomic E-state index is -3.81. The van der Waals surface area contributed by atoms with Crippen molar-refractivity contribution in [3.63, 3.8) is 0 Å². The summed E-state index contributed by atoms with van der Waals surface area (Å²) in [4.78, 5) is 0. The topological polar surface area (TPSA) is 33.0 Å². The minimum absolute atomic E-state index is 0.0224. The third kappa shape index (κ3) is 5.07. The van der Waals surface area contributed by atoms with Gasteiger partial charge < -0.3 is 4.74 Å². The summed E-state index contributed by atoms with van der Waals surface area (Å²) in [6.45, 7) is 2.26. The second kappa shape index (κ2) is 8.52. The SMILES string of the molecule is CCCC1CCC(c2ccc(-c3ccc(OC(F)(F)C#N)cc3)cc2)CC1. The monoisotopic (exact) mass is 369 g/mol. The smallest absolute Gasteiger partial charge is 0.421 e. The van der Waals surface area contributed by atoms with Gasteiger partial charge in [-0.05, 0) is 66.3 Å². The first-order valence-corrected chi connectivity index (χ1v) is 9.69. The van der Waals surface area contributed by atoms with Crippen molar-refractivity contribution in [3.05, 3.63) is 54.1 Å². The lowest BCUT2D eigenvalue weighted by Crippen LogP contribution is -2.21. The fourth-order valence-electron chi connectivity index (χ4n) is 4.03. The zero-order valence-corrected chi connectivity index (χ0v) is 15.6. The molecule has 1 aliphatic rings. The molecule has 0 heterocycles. The highest BCUT2D eigenvalue weighted by Crippen LogP contribution is 2.38. The van der Waals surface area contributed by atoms with Crippen LogP contribution in [0.2, 0.25) is 0 Å². The second-order valence-corrected chi connectivity index (χ2v) is 7.38. The molecule has 2 nitrogen and oxygen atoms in total. The Balaban J connectivity index is 1.63. The molecule has 1 fully saturated rings. The first kappa shape index (κ1) is 19.4. The Morgan fingerprint density at radius 3 is 2.04 bits per heavy atom. The van der Waals surface area contributed by atoms with Gasteiger partial charge in [-0.25, -0.2) is 0 Å². The third-order valence-corrected chi connectivity index (χ3v) is 5.49. The van der Waals surface area contributed by atoms with E-state index >= 15 is 0 Å². The molecule has 2 aromatic rings. The number of alkyl halides is 2. The normalized spacial score (nSPS) is 20.1. The lowest BCUT2D eigenvalue weighted by atomic mass is 9.77. The van der Waals surface area contributed by atoms with E-state index in [1.807, 2.05) is 0 Å². The first-order valence-electron chi connectivity index (χ1n) is 9.69. The van der Waals surface area contributed by atoms with E-state index in [-0.39, 0.29) is 5.75 Å². The van der Waals surface area contributed by atoms with Crippen molar-refractivity contribution in [2.45, 2.75) is 57.5 Å². The van der Waals surface area contributed by atoms with Crippen LogP contribution in [-0.4, -0.2) is 6.11 Å². The van der Waals surface area contributed by atoms with Gasteiger partial charge >= 0.3 is 6.11 Å². The zero-order valence-electron chi connectivity index (χ0n) is 15.6. The van der Waals surface area contributed by atoms with Gasteiger partial charge in [0.25, 0.3) is 0 Å². The molecule has 4 heteroatoms. The van der Waals surface area contributed by atoms with Gasteiger partial charge in [-0.2, -0.15) is 5.26 Å². The van der Waals surface area contributed by atoms with E-state index in [4.69, 9.17) is 5.26 Å². The second-order valence-electron chi connectivity index (χ2n) is 7.38. The zero-order chi connectivity index (χ0) is 19.3. The summed E-state index contributed by atoms with van der Waals surface area (Å²) < 4.78 is 30.3. The van der Waals surface area contributed by atoms with Gasteiger partial charge in [-0.15, -0.1) is 8.78 Å². The molecule has 0 atom stereocenters. The minimum Gasteiger partial charge on any atom is -0.421 e. The average molecular weight is 369 g/mol. The molecule has 3 rings (SSSR count). The quantitative estimate of drug-likeness (QED) is 0.553. The highest BCUT2D eigenvalue weighted by molar-refractivity contribution is 5.64. The average Bonchev–Trinajstić information content (AvgIpc) is 2.69. The van der Waals surface area contributed by atoms with E-state index in [1.165, 1.54) is 56.2 Å². The molecular weight excluding hydrogens is 344 g/mol. The van der Waals surface area contributed by atoms with Crippen molar-refractivity contribution in [2.75, 3.05) is 0 Å². The fourth-order valence-corrected chi connectivity index (χ4v) is 4.03. The fraction of sp³-hybridized carbons (Fsp3) is 0.435. The van der Waals surface area contributed by atoms with Gasteiger partial charge in [0.2, 0.25) is 0 Å². The molecule has 0 N–H and O–H groups in total. The summed E-state index contributed by atoms with van der Waals surface area (Å²) in [5, 5.41) is 8.34. The largest absolute Gasteiger partial charge is 0.494 e. The van der Waals surface area contributed by atoms with E-state index in [1.54, 1.807) is 12.1 Å². The lowest BCUT2D eigenvalue weighted by molar-refractivity contribution is -0.124. The maximum absolute atomic E-state index is 13.0. The lowest BCUT2D eigenvalue weighted by Gasteiger charge is -2.28. The van der Waals surface area contributed by atoms with Crippen LogP contribution in [0.25, 0.3) is 11.1 Å². The molecule has 0 aromatic heterocycles. The van der Waals surface area contributed by atoms with E-state index in [9.17, 15) is 8.78 Å². The van der Waals surface area contributed by atoms with Gasteiger partial charge in [0, 0.05) is 0 Å². The molecule has 0 radical (unpaired) electrons. The van der Waals surface area contributed by atoms with Crippen LogP contribution >= 0.6 is 0 Å². The predicted octanol–water partition coefficient (Wildman–Crippen LogP) is 6.92. The van der Waals surface area contributed by atoms with Crippen LogP contribution in [0.4, 0.5) is 8.78 Å². The van der Waals surface area contributed by atoms with Crippen LogP contribution in [0, 0.1) is 17.2 Å². The molecule has 142 valence electrons. The van der Waals surface area contributed by atoms with Crippen LogP contribution in [0.1, 0.15) is 56.9 Å². The Kier molecular flexibility index (Phi) is 6.11. The number of nitriles is 1. The van der Waals surface area contributed by atoms with E-state index in [0.29, 0.717) is 5.92 Å². The molecule has 0 bridgehead atoms. The van der Waals surface area contributed by atoms with Crippen molar-refractivity contribution >= 4 is 0 Å². The Bertz CT molecular complexity index is 770. The van der Waals surface area contributed by atoms with Crippen molar-refractivity contribution in [1.82, 2.24) is 0 Å². The Labute approximate surface area is 159 Å². The van der Waals surface area contributed by atoms with Gasteiger partial charge in [-0.3, -0.25) is 0 Å². The van der Waals surface area contributed by atoms with Crippen molar-refractivity contribution in [2.24, 2.45) is 5.92 Å². The number of ether oxygens (including phenoxy) is 1. The maximum Gasteiger partial charge on any atom is 0.494 e. The number of benzene rings is 2. The van der Waals surface area contributed by atoms with Gasteiger partial charge in [-0.1, -0.05) is 56.2 Å². The summed E-state index contributed by atoms with van der Waals surface area (Å²) in [5.74, 6) is 1.53. The van der Waals surface area contributed by atoms with Gasteiger partial charge in [0.1, 0.15) is 5.75 Å². The molecule has 1 saturated carbocycles. The number of halogens is 2. The summed E-state index contributed by atoms with van der Waals surface area (Å²) >= 11 is 0. The Morgan fingerprint density at radius 1 is 0.963 bits per heavy atom. The van der Waals surface area contributed by atoms with Crippen LogP contribution in [0.3, 0.4) is 0 Å². The molecule has 0 unspecified atom stereocenters. The van der Waals surface area contributed by atoms with E-state index < -0.39 is 6.11 Å². The molecular formula is C23H25F2NO. The van der Waals surface area contributed by atoms with Crippen molar-refractivity contribution < 1.29 is 13.5 Å². The predicted molar refractivity (Wildman–Crippen MR) is 103 cm³/mol. The van der Waals surface area contributed by atoms with Crippen molar-refractivity contribution in [3.8, 4) is 22.9 Å². The van der Waals surface area contributed by atoms with Crippen molar-refractivity contribution in [1.29, 1.82) is 5.26 Å². The summed E-state index contributed by atoms with van der Waals surface area (Å²) in [6.07, 6.45) is 4.02. The Morgan fingerprint density at radius 2 is 1.52 bits per heavy atom. The molecule has 0 spiro atoms. The highest BCUT2D eigenvalue weighted by Gasteiger charge is 2.31. The van der Waals surface area contributed by atoms with Gasteiger partial charge in [0.05, 0.1) is 0 Å². The summed E-state index contributed by atoms with van der Waals surface area (Å²) in [5.41, 5.74) is 3.36.